The summed E-state index contributed by atoms with van der Waals surface area (Å²) in [4.78, 5) is 12.3. The van der Waals surface area contributed by atoms with Crippen LogP contribution in [0.1, 0.15) is 17.3 Å². The first-order chi connectivity index (χ1) is 10.0. The number of benzene rings is 2. The second-order valence-electron chi connectivity index (χ2n) is 4.26. The lowest BCUT2D eigenvalue weighted by atomic mass is 10.1. The summed E-state index contributed by atoms with van der Waals surface area (Å²) in [7, 11) is 0. The molecule has 2 aromatic rings. The lowest BCUT2D eigenvalue weighted by Gasteiger charge is -2.12. The van der Waals surface area contributed by atoms with Crippen molar-refractivity contribution in [2.75, 3.05) is 17.7 Å². The quantitative estimate of drug-likeness (QED) is 0.822. The molecule has 0 aliphatic heterocycles. The molecule has 0 bridgehead atoms. The molecule has 2 aromatic carbocycles. The Bertz CT molecular complexity index is 677. The van der Waals surface area contributed by atoms with Gasteiger partial charge in [-0.15, -0.1) is 0 Å². The molecular weight excluding hydrogens is 339 g/mol. The minimum absolute atomic E-state index is 0.277. The second-order valence-corrected chi connectivity index (χ2v) is 5.17. The SMILES string of the molecule is CCOc1cc(F)ccc1NC(=O)c1cc(Br)ccc1N. The lowest BCUT2D eigenvalue weighted by Crippen LogP contribution is -2.15. The molecule has 0 saturated carbocycles. The zero-order valence-electron chi connectivity index (χ0n) is 11.3. The number of halogens is 2. The number of nitrogen functional groups attached to an aromatic ring is 1. The van der Waals surface area contributed by atoms with Gasteiger partial charge in [0.2, 0.25) is 0 Å². The average molecular weight is 353 g/mol. The van der Waals surface area contributed by atoms with Gasteiger partial charge in [0, 0.05) is 16.2 Å². The predicted molar refractivity (Wildman–Crippen MR) is 84.1 cm³/mol. The molecular formula is C15H14BrFN2O2. The zero-order chi connectivity index (χ0) is 15.4. The summed E-state index contributed by atoms with van der Waals surface area (Å²) in [5.74, 6) is -0.542. The van der Waals surface area contributed by atoms with Crippen molar-refractivity contribution >= 4 is 33.2 Å². The maximum absolute atomic E-state index is 13.2. The van der Waals surface area contributed by atoms with Crippen LogP contribution in [0.25, 0.3) is 0 Å². The van der Waals surface area contributed by atoms with Crippen molar-refractivity contribution in [2.45, 2.75) is 6.92 Å². The van der Waals surface area contributed by atoms with E-state index in [1.807, 2.05) is 0 Å². The van der Waals surface area contributed by atoms with Crippen LogP contribution in [0.4, 0.5) is 15.8 Å². The number of anilines is 2. The molecule has 4 nitrogen and oxygen atoms in total. The predicted octanol–water partition coefficient (Wildman–Crippen LogP) is 3.82. The Labute approximate surface area is 130 Å². The molecule has 0 fully saturated rings. The minimum atomic E-state index is -0.432. The molecule has 21 heavy (non-hydrogen) atoms. The lowest BCUT2D eigenvalue weighted by molar-refractivity contribution is 0.102. The van der Waals surface area contributed by atoms with Crippen molar-refractivity contribution in [3.63, 3.8) is 0 Å². The van der Waals surface area contributed by atoms with Gasteiger partial charge in [-0.2, -0.15) is 0 Å². The third-order valence-electron chi connectivity index (χ3n) is 2.75. The number of amides is 1. The van der Waals surface area contributed by atoms with E-state index >= 15 is 0 Å². The van der Waals surface area contributed by atoms with Crippen LogP contribution in [-0.2, 0) is 0 Å². The number of nitrogens with one attached hydrogen (secondary N) is 1. The van der Waals surface area contributed by atoms with E-state index < -0.39 is 5.82 Å². The average Bonchev–Trinajstić information content (AvgIpc) is 2.44. The molecule has 3 N–H and O–H groups in total. The smallest absolute Gasteiger partial charge is 0.257 e. The number of carbonyl (C=O) groups excluding carboxylic acids is 1. The first-order valence-electron chi connectivity index (χ1n) is 6.30. The Hall–Kier alpha value is -2.08. The summed E-state index contributed by atoms with van der Waals surface area (Å²) in [6.45, 7) is 2.15. The van der Waals surface area contributed by atoms with Gasteiger partial charge in [0.25, 0.3) is 5.91 Å². The molecule has 0 unspecified atom stereocenters. The summed E-state index contributed by atoms with van der Waals surface area (Å²) in [5.41, 5.74) is 6.87. The zero-order valence-corrected chi connectivity index (χ0v) is 12.9. The van der Waals surface area contributed by atoms with Gasteiger partial charge in [-0.1, -0.05) is 15.9 Å². The van der Waals surface area contributed by atoms with Gasteiger partial charge in [-0.25, -0.2) is 4.39 Å². The van der Waals surface area contributed by atoms with E-state index in [2.05, 4.69) is 21.2 Å². The van der Waals surface area contributed by atoms with Crippen LogP contribution in [0.2, 0.25) is 0 Å². The van der Waals surface area contributed by atoms with Crippen molar-refractivity contribution < 1.29 is 13.9 Å². The summed E-state index contributed by atoms with van der Waals surface area (Å²) >= 11 is 3.29. The Balaban J connectivity index is 2.29. The molecule has 0 radical (unpaired) electrons. The van der Waals surface area contributed by atoms with Crippen LogP contribution in [0.15, 0.2) is 40.9 Å². The largest absolute Gasteiger partial charge is 0.492 e. The summed E-state index contributed by atoms with van der Waals surface area (Å²) in [6, 6.07) is 8.93. The monoisotopic (exact) mass is 352 g/mol. The van der Waals surface area contributed by atoms with Gasteiger partial charge < -0.3 is 15.8 Å². The molecule has 1 amide bonds. The van der Waals surface area contributed by atoms with Crippen LogP contribution in [0.5, 0.6) is 5.75 Å². The number of carbonyl (C=O) groups is 1. The van der Waals surface area contributed by atoms with Crippen molar-refractivity contribution in [3.05, 3.63) is 52.3 Å². The summed E-state index contributed by atoms with van der Waals surface area (Å²) < 4.78 is 19.3. The van der Waals surface area contributed by atoms with Crippen LogP contribution < -0.4 is 15.8 Å². The molecule has 0 saturated heterocycles. The maximum atomic E-state index is 13.2. The van der Waals surface area contributed by atoms with Crippen LogP contribution >= 0.6 is 15.9 Å². The fourth-order valence-electron chi connectivity index (χ4n) is 1.79. The number of rotatable bonds is 4. The fraction of sp³-hybridized carbons (Fsp3) is 0.133. The molecule has 0 spiro atoms. The van der Waals surface area contributed by atoms with E-state index in [-0.39, 0.29) is 11.7 Å². The number of ether oxygens (including phenoxy) is 1. The van der Waals surface area contributed by atoms with E-state index in [4.69, 9.17) is 10.5 Å². The van der Waals surface area contributed by atoms with E-state index in [1.165, 1.54) is 18.2 Å². The minimum Gasteiger partial charge on any atom is -0.492 e. The first-order valence-corrected chi connectivity index (χ1v) is 7.09. The normalized spacial score (nSPS) is 10.2. The van der Waals surface area contributed by atoms with Crippen LogP contribution in [-0.4, -0.2) is 12.5 Å². The van der Waals surface area contributed by atoms with Crippen molar-refractivity contribution in [1.82, 2.24) is 0 Å². The Morgan fingerprint density at radius 3 is 2.81 bits per heavy atom. The number of nitrogens with two attached hydrogens (primary N) is 1. The molecule has 110 valence electrons. The molecule has 0 atom stereocenters. The molecule has 2 rings (SSSR count). The van der Waals surface area contributed by atoms with Crippen molar-refractivity contribution in [3.8, 4) is 5.75 Å². The van der Waals surface area contributed by atoms with Gasteiger partial charge in [0.15, 0.2) is 0 Å². The van der Waals surface area contributed by atoms with Gasteiger partial charge in [0.05, 0.1) is 17.9 Å². The van der Waals surface area contributed by atoms with Crippen LogP contribution in [0, 0.1) is 5.82 Å². The fourth-order valence-corrected chi connectivity index (χ4v) is 2.15. The van der Waals surface area contributed by atoms with Crippen LogP contribution in [0.3, 0.4) is 0 Å². The molecule has 0 aliphatic rings. The Morgan fingerprint density at radius 1 is 1.33 bits per heavy atom. The number of hydrogen-bond donors (Lipinski definition) is 2. The maximum Gasteiger partial charge on any atom is 0.257 e. The van der Waals surface area contributed by atoms with Gasteiger partial charge >= 0.3 is 0 Å². The molecule has 0 aliphatic carbocycles. The molecule has 6 heteroatoms. The summed E-state index contributed by atoms with van der Waals surface area (Å²) in [6.07, 6.45) is 0. The first kappa shape index (κ1) is 15.3. The van der Waals surface area contributed by atoms with E-state index in [0.717, 1.165) is 4.47 Å². The van der Waals surface area contributed by atoms with E-state index in [1.54, 1.807) is 25.1 Å². The Kier molecular flexibility index (Phi) is 4.80. The van der Waals surface area contributed by atoms with Gasteiger partial charge in [-0.3, -0.25) is 4.79 Å². The molecule has 0 aromatic heterocycles. The highest BCUT2D eigenvalue weighted by molar-refractivity contribution is 9.10. The van der Waals surface area contributed by atoms with Crippen molar-refractivity contribution in [2.24, 2.45) is 0 Å². The Morgan fingerprint density at radius 2 is 2.10 bits per heavy atom. The summed E-state index contributed by atoms with van der Waals surface area (Å²) in [5, 5.41) is 2.68. The highest BCUT2D eigenvalue weighted by atomic mass is 79.9. The van der Waals surface area contributed by atoms with E-state index in [9.17, 15) is 9.18 Å². The standard InChI is InChI=1S/C15H14BrFN2O2/c1-2-21-14-8-10(17)4-6-13(14)19-15(20)11-7-9(16)3-5-12(11)18/h3-8H,2,18H2,1H3,(H,19,20). The highest BCUT2D eigenvalue weighted by Gasteiger charge is 2.13. The molecule has 0 heterocycles. The van der Waals surface area contributed by atoms with Crippen molar-refractivity contribution in [1.29, 1.82) is 0 Å². The van der Waals surface area contributed by atoms with Gasteiger partial charge in [0.1, 0.15) is 11.6 Å². The second kappa shape index (κ2) is 6.58. The number of hydrogen-bond acceptors (Lipinski definition) is 3. The highest BCUT2D eigenvalue weighted by Crippen LogP contribution is 2.27. The third kappa shape index (κ3) is 3.72. The topological polar surface area (TPSA) is 64.3 Å². The van der Waals surface area contributed by atoms with E-state index in [0.29, 0.717) is 23.5 Å². The van der Waals surface area contributed by atoms with Gasteiger partial charge in [-0.05, 0) is 37.3 Å². The third-order valence-corrected chi connectivity index (χ3v) is 3.24.